The van der Waals surface area contributed by atoms with Gasteiger partial charge in [-0.1, -0.05) is 6.07 Å². The van der Waals surface area contributed by atoms with Gasteiger partial charge in [-0.3, -0.25) is 4.57 Å². The number of rotatable bonds is 7. The predicted octanol–water partition coefficient (Wildman–Crippen LogP) is 2.85. The van der Waals surface area contributed by atoms with Crippen LogP contribution >= 0.6 is 0 Å². The Kier molecular flexibility index (Phi) is 4.92. The summed E-state index contributed by atoms with van der Waals surface area (Å²) in [5.41, 5.74) is 0.754. The Bertz CT molecular complexity index is 513. The van der Waals surface area contributed by atoms with Crippen molar-refractivity contribution in [1.29, 1.82) is 0 Å². The Morgan fingerprint density at radius 2 is 2.32 bits per heavy atom. The minimum atomic E-state index is -0.256. The summed E-state index contributed by atoms with van der Waals surface area (Å²) < 4.78 is 20.3. The summed E-state index contributed by atoms with van der Waals surface area (Å²) in [7, 11) is 0. The van der Waals surface area contributed by atoms with Gasteiger partial charge in [0, 0.05) is 32.2 Å². The van der Waals surface area contributed by atoms with Crippen molar-refractivity contribution in [2.75, 3.05) is 25.1 Å². The maximum absolute atomic E-state index is 13.2. The number of nitrogens with one attached hydrogen (secondary N) is 1. The molecule has 4 nitrogen and oxygen atoms in total. The van der Waals surface area contributed by atoms with Gasteiger partial charge >= 0.3 is 0 Å². The number of nitrogens with zero attached hydrogens (tertiary/aromatic N) is 2. The molecule has 0 saturated heterocycles. The van der Waals surface area contributed by atoms with Gasteiger partial charge < -0.3 is 10.1 Å². The molecular formula is C14H18FN3O. The minimum Gasteiger partial charge on any atom is -0.382 e. The van der Waals surface area contributed by atoms with E-state index in [2.05, 4.69) is 10.3 Å². The van der Waals surface area contributed by atoms with E-state index < -0.39 is 0 Å². The molecule has 0 aliphatic carbocycles. The highest BCUT2D eigenvalue weighted by Crippen LogP contribution is 2.15. The maximum Gasteiger partial charge on any atom is 0.207 e. The van der Waals surface area contributed by atoms with Crippen molar-refractivity contribution in [2.45, 2.75) is 13.3 Å². The van der Waals surface area contributed by atoms with Gasteiger partial charge in [-0.15, -0.1) is 0 Å². The van der Waals surface area contributed by atoms with E-state index in [1.807, 2.05) is 17.6 Å². The average Bonchev–Trinajstić information content (AvgIpc) is 2.87. The number of hydrogen-bond donors (Lipinski definition) is 1. The van der Waals surface area contributed by atoms with Crippen LogP contribution in [-0.4, -0.2) is 29.3 Å². The number of anilines is 1. The fourth-order valence-corrected chi connectivity index (χ4v) is 1.79. The first-order valence-corrected chi connectivity index (χ1v) is 6.42. The van der Waals surface area contributed by atoms with Gasteiger partial charge in [0.25, 0.3) is 0 Å². The molecule has 2 rings (SSSR count). The second kappa shape index (κ2) is 6.89. The van der Waals surface area contributed by atoms with Crippen LogP contribution in [0.3, 0.4) is 0 Å². The topological polar surface area (TPSA) is 39.1 Å². The van der Waals surface area contributed by atoms with Crippen LogP contribution in [-0.2, 0) is 4.74 Å². The molecule has 0 fully saturated rings. The first-order chi connectivity index (χ1) is 9.31. The van der Waals surface area contributed by atoms with Gasteiger partial charge in [0.2, 0.25) is 5.95 Å². The van der Waals surface area contributed by atoms with Gasteiger partial charge in [-0.25, -0.2) is 9.37 Å². The Labute approximate surface area is 112 Å². The normalized spacial score (nSPS) is 10.6. The molecular weight excluding hydrogens is 245 g/mol. The molecule has 102 valence electrons. The summed E-state index contributed by atoms with van der Waals surface area (Å²) in [4.78, 5) is 4.23. The van der Waals surface area contributed by atoms with Crippen LogP contribution in [0.25, 0.3) is 5.69 Å². The fraction of sp³-hybridized carbons (Fsp3) is 0.357. The summed E-state index contributed by atoms with van der Waals surface area (Å²) in [5.74, 6) is 0.454. The first-order valence-electron chi connectivity index (χ1n) is 6.42. The van der Waals surface area contributed by atoms with Crippen LogP contribution in [0, 0.1) is 5.82 Å². The van der Waals surface area contributed by atoms with E-state index in [1.54, 1.807) is 18.5 Å². The zero-order chi connectivity index (χ0) is 13.5. The number of ether oxygens (including phenoxy) is 1. The lowest BCUT2D eigenvalue weighted by Crippen LogP contribution is -2.10. The summed E-state index contributed by atoms with van der Waals surface area (Å²) in [6.45, 7) is 4.21. The molecule has 0 aliphatic heterocycles. The molecule has 1 N–H and O–H groups in total. The lowest BCUT2D eigenvalue weighted by molar-refractivity contribution is 0.147. The molecule has 0 spiro atoms. The Morgan fingerprint density at radius 3 is 3.11 bits per heavy atom. The number of imidazole rings is 1. The molecule has 1 aromatic heterocycles. The van der Waals surface area contributed by atoms with Crippen LogP contribution in [0.1, 0.15) is 13.3 Å². The molecule has 1 aromatic carbocycles. The Morgan fingerprint density at radius 1 is 1.42 bits per heavy atom. The van der Waals surface area contributed by atoms with Crippen LogP contribution in [0.2, 0.25) is 0 Å². The second-order valence-corrected chi connectivity index (χ2v) is 4.08. The van der Waals surface area contributed by atoms with Crippen LogP contribution in [0.4, 0.5) is 10.3 Å². The van der Waals surface area contributed by atoms with Crippen LogP contribution < -0.4 is 5.32 Å². The summed E-state index contributed by atoms with van der Waals surface area (Å²) in [6, 6.07) is 6.43. The summed E-state index contributed by atoms with van der Waals surface area (Å²) >= 11 is 0. The van der Waals surface area contributed by atoms with Gasteiger partial charge in [0.1, 0.15) is 5.82 Å². The van der Waals surface area contributed by atoms with Crippen molar-refractivity contribution in [3.8, 4) is 5.69 Å². The smallest absolute Gasteiger partial charge is 0.207 e. The monoisotopic (exact) mass is 263 g/mol. The first kappa shape index (κ1) is 13.5. The largest absolute Gasteiger partial charge is 0.382 e. The zero-order valence-electron chi connectivity index (χ0n) is 11.0. The molecule has 1 heterocycles. The number of halogens is 1. The fourth-order valence-electron chi connectivity index (χ4n) is 1.79. The molecule has 0 amide bonds. The molecule has 0 saturated carbocycles. The highest BCUT2D eigenvalue weighted by Gasteiger charge is 2.04. The predicted molar refractivity (Wildman–Crippen MR) is 73.1 cm³/mol. The molecule has 2 aromatic rings. The second-order valence-electron chi connectivity index (χ2n) is 4.08. The van der Waals surface area contributed by atoms with E-state index in [1.165, 1.54) is 12.1 Å². The van der Waals surface area contributed by atoms with Gasteiger partial charge in [0.15, 0.2) is 0 Å². The van der Waals surface area contributed by atoms with Crippen molar-refractivity contribution in [3.05, 3.63) is 42.5 Å². The van der Waals surface area contributed by atoms with Crippen molar-refractivity contribution in [2.24, 2.45) is 0 Å². The Hall–Kier alpha value is -1.88. The molecule has 0 aliphatic rings. The van der Waals surface area contributed by atoms with Crippen molar-refractivity contribution in [3.63, 3.8) is 0 Å². The minimum absolute atomic E-state index is 0.256. The van der Waals surface area contributed by atoms with Crippen LogP contribution in [0.5, 0.6) is 0 Å². The molecule has 0 radical (unpaired) electrons. The highest BCUT2D eigenvalue weighted by atomic mass is 19.1. The summed E-state index contributed by atoms with van der Waals surface area (Å²) in [5, 5.41) is 3.22. The van der Waals surface area contributed by atoms with Gasteiger partial charge in [-0.2, -0.15) is 0 Å². The quantitative estimate of drug-likeness (QED) is 0.781. The van der Waals surface area contributed by atoms with E-state index in [4.69, 9.17) is 4.74 Å². The third kappa shape index (κ3) is 3.79. The van der Waals surface area contributed by atoms with Crippen molar-refractivity contribution >= 4 is 5.95 Å². The number of aromatic nitrogens is 2. The van der Waals surface area contributed by atoms with E-state index in [0.29, 0.717) is 5.95 Å². The third-order valence-electron chi connectivity index (χ3n) is 2.68. The average molecular weight is 263 g/mol. The lowest BCUT2D eigenvalue weighted by atomic mass is 10.3. The SMILES string of the molecule is CCOCCCNc1nccn1-c1cccc(F)c1. The van der Waals surface area contributed by atoms with E-state index in [9.17, 15) is 4.39 Å². The van der Waals surface area contributed by atoms with E-state index >= 15 is 0 Å². The molecule has 5 heteroatoms. The van der Waals surface area contributed by atoms with E-state index in [-0.39, 0.29) is 5.82 Å². The highest BCUT2D eigenvalue weighted by molar-refractivity contribution is 5.41. The molecule has 19 heavy (non-hydrogen) atoms. The molecule has 0 bridgehead atoms. The lowest BCUT2D eigenvalue weighted by Gasteiger charge is -2.09. The standard InChI is InChI=1S/C14H18FN3O/c1-2-19-10-4-7-16-14-17-8-9-18(14)13-6-3-5-12(15)11-13/h3,5-6,8-9,11H,2,4,7,10H2,1H3,(H,16,17). The molecule has 0 unspecified atom stereocenters. The maximum atomic E-state index is 13.2. The Balaban J connectivity index is 1.98. The van der Waals surface area contributed by atoms with Crippen LogP contribution in [0.15, 0.2) is 36.7 Å². The number of hydrogen-bond acceptors (Lipinski definition) is 3. The third-order valence-corrected chi connectivity index (χ3v) is 2.68. The van der Waals surface area contributed by atoms with E-state index in [0.717, 1.165) is 31.9 Å². The number of benzene rings is 1. The zero-order valence-corrected chi connectivity index (χ0v) is 11.0. The van der Waals surface area contributed by atoms with Crippen molar-refractivity contribution in [1.82, 2.24) is 9.55 Å². The van der Waals surface area contributed by atoms with Gasteiger partial charge in [0.05, 0.1) is 5.69 Å². The summed E-state index contributed by atoms with van der Waals surface area (Å²) in [6.07, 6.45) is 4.40. The van der Waals surface area contributed by atoms with Gasteiger partial charge in [-0.05, 0) is 31.5 Å². The molecule has 0 atom stereocenters. The van der Waals surface area contributed by atoms with Crippen molar-refractivity contribution < 1.29 is 9.13 Å².